The highest BCUT2D eigenvalue weighted by molar-refractivity contribution is 7.81. The summed E-state index contributed by atoms with van der Waals surface area (Å²) in [6.45, 7) is 0. The van der Waals surface area contributed by atoms with E-state index in [1.807, 2.05) is 18.2 Å². The Hall–Kier alpha value is -1.28. The summed E-state index contributed by atoms with van der Waals surface area (Å²) in [5.74, 6) is 0. The van der Waals surface area contributed by atoms with E-state index in [1.54, 1.807) is 0 Å². The molecule has 0 spiro atoms. The van der Waals surface area contributed by atoms with Crippen molar-refractivity contribution in [1.29, 1.82) is 0 Å². The molecule has 1 aromatic carbocycles. The van der Waals surface area contributed by atoms with Gasteiger partial charge in [0.2, 0.25) is 0 Å². The van der Waals surface area contributed by atoms with Gasteiger partial charge in [-0.2, -0.15) is 12.6 Å². The summed E-state index contributed by atoms with van der Waals surface area (Å²) in [6.07, 6.45) is 6.28. The van der Waals surface area contributed by atoms with Crippen LogP contribution in [-0.4, -0.2) is 5.25 Å². The zero-order chi connectivity index (χ0) is 9.54. The number of para-hydroxylation sites is 1. The minimum atomic E-state index is 0.201. The molecular formula is C12H9NS. The highest BCUT2D eigenvalue weighted by Gasteiger charge is 2.14. The molecule has 14 heavy (non-hydrogen) atoms. The molecule has 1 aliphatic heterocycles. The van der Waals surface area contributed by atoms with Crippen molar-refractivity contribution in [2.75, 3.05) is 0 Å². The van der Waals surface area contributed by atoms with Crippen molar-refractivity contribution in [2.45, 2.75) is 5.25 Å². The maximum atomic E-state index is 4.55. The molecular weight excluding hydrogens is 190 g/mol. The van der Waals surface area contributed by atoms with E-state index in [1.165, 1.54) is 10.8 Å². The number of hydrogen-bond acceptors (Lipinski definition) is 2. The average Bonchev–Trinajstić information content (AvgIpc) is 2.54. The minimum absolute atomic E-state index is 0.201. The lowest BCUT2D eigenvalue weighted by atomic mass is 10.1. The molecule has 3 rings (SSSR count). The molecule has 68 valence electrons. The molecule has 0 fully saturated rings. The first-order valence-corrected chi connectivity index (χ1v) is 5.13. The second kappa shape index (κ2) is 2.85. The van der Waals surface area contributed by atoms with Gasteiger partial charge in [-0.3, -0.25) is 0 Å². The lowest BCUT2D eigenvalue weighted by Crippen LogP contribution is -2.21. The molecule has 1 unspecified atom stereocenters. The molecule has 0 saturated heterocycles. The van der Waals surface area contributed by atoms with Crippen molar-refractivity contribution in [3.63, 3.8) is 0 Å². The smallest absolute Gasteiger partial charge is 0.0716 e. The van der Waals surface area contributed by atoms with Gasteiger partial charge in [0.1, 0.15) is 0 Å². The van der Waals surface area contributed by atoms with Crippen molar-refractivity contribution in [1.82, 2.24) is 0 Å². The van der Waals surface area contributed by atoms with Crippen LogP contribution >= 0.6 is 12.6 Å². The predicted octanol–water partition coefficient (Wildman–Crippen LogP) is 1.22. The third-order valence-electron chi connectivity index (χ3n) is 2.50. The van der Waals surface area contributed by atoms with Gasteiger partial charge in [0.25, 0.3) is 0 Å². The van der Waals surface area contributed by atoms with Gasteiger partial charge in [-0.25, -0.2) is 4.99 Å². The molecule has 1 nitrogen and oxygen atoms in total. The molecule has 0 N–H and O–H groups in total. The Kier molecular flexibility index (Phi) is 1.64. The summed E-state index contributed by atoms with van der Waals surface area (Å²) >= 11 is 4.39. The number of rotatable bonds is 0. The molecule has 0 aromatic heterocycles. The van der Waals surface area contributed by atoms with E-state index >= 15 is 0 Å². The van der Waals surface area contributed by atoms with E-state index in [0.717, 1.165) is 11.1 Å². The number of thiol groups is 1. The Morgan fingerprint density at radius 1 is 1.21 bits per heavy atom. The van der Waals surface area contributed by atoms with Crippen LogP contribution in [0.25, 0.3) is 5.57 Å². The summed E-state index contributed by atoms with van der Waals surface area (Å²) in [4.78, 5) is 4.55. The zero-order valence-electron chi connectivity index (χ0n) is 7.51. The topological polar surface area (TPSA) is 12.4 Å². The van der Waals surface area contributed by atoms with Crippen LogP contribution in [0, 0.1) is 0 Å². The molecule has 1 heterocycles. The van der Waals surface area contributed by atoms with Gasteiger partial charge >= 0.3 is 0 Å². The molecule has 2 aliphatic rings. The van der Waals surface area contributed by atoms with Gasteiger partial charge < -0.3 is 0 Å². The van der Waals surface area contributed by atoms with Crippen LogP contribution in [0.1, 0.15) is 0 Å². The first-order valence-electron chi connectivity index (χ1n) is 4.61. The Labute approximate surface area is 87.6 Å². The van der Waals surface area contributed by atoms with Gasteiger partial charge in [-0.15, -0.1) is 0 Å². The van der Waals surface area contributed by atoms with Crippen LogP contribution in [0.3, 0.4) is 0 Å². The van der Waals surface area contributed by atoms with Crippen molar-refractivity contribution in [2.24, 2.45) is 4.99 Å². The highest BCUT2D eigenvalue weighted by Crippen LogP contribution is 2.22. The fourth-order valence-electron chi connectivity index (χ4n) is 1.84. The Morgan fingerprint density at radius 2 is 2.07 bits per heavy atom. The lowest BCUT2D eigenvalue weighted by molar-refractivity contribution is 1.26. The third kappa shape index (κ3) is 1.07. The summed E-state index contributed by atoms with van der Waals surface area (Å²) in [6, 6.07) is 8.22. The monoisotopic (exact) mass is 199 g/mol. The first kappa shape index (κ1) is 8.06. The van der Waals surface area contributed by atoms with E-state index in [0.29, 0.717) is 0 Å². The Morgan fingerprint density at radius 3 is 3.00 bits per heavy atom. The first-order chi connectivity index (χ1) is 6.84. The number of fused-ring (bicyclic) bond motifs is 2. The molecule has 1 aliphatic carbocycles. The van der Waals surface area contributed by atoms with E-state index in [-0.39, 0.29) is 5.25 Å². The maximum absolute atomic E-state index is 4.55. The van der Waals surface area contributed by atoms with Crippen LogP contribution in [0.5, 0.6) is 0 Å². The van der Waals surface area contributed by atoms with Gasteiger partial charge in [-0.1, -0.05) is 30.4 Å². The molecule has 0 saturated carbocycles. The van der Waals surface area contributed by atoms with Gasteiger partial charge in [-0.05, 0) is 12.1 Å². The summed E-state index contributed by atoms with van der Waals surface area (Å²) < 4.78 is 0. The molecule has 0 bridgehead atoms. The zero-order valence-corrected chi connectivity index (χ0v) is 8.41. The van der Waals surface area contributed by atoms with Gasteiger partial charge in [0.15, 0.2) is 0 Å². The SMILES string of the molecule is SC1C=CC2=c3ccccc3=NC2=C1. The quantitative estimate of drug-likeness (QED) is 0.603. The molecule has 2 heteroatoms. The molecule has 1 atom stereocenters. The number of nitrogens with zero attached hydrogens (tertiary/aromatic N) is 1. The van der Waals surface area contributed by atoms with E-state index < -0.39 is 0 Å². The van der Waals surface area contributed by atoms with Crippen LogP contribution in [0.2, 0.25) is 0 Å². The average molecular weight is 199 g/mol. The number of benzene rings is 1. The number of hydrogen-bond donors (Lipinski definition) is 1. The van der Waals surface area contributed by atoms with Crippen LogP contribution in [0.15, 0.2) is 53.2 Å². The van der Waals surface area contributed by atoms with Crippen LogP contribution in [-0.2, 0) is 0 Å². The van der Waals surface area contributed by atoms with E-state index in [9.17, 15) is 0 Å². The van der Waals surface area contributed by atoms with E-state index in [2.05, 4.69) is 41.9 Å². The highest BCUT2D eigenvalue weighted by atomic mass is 32.1. The van der Waals surface area contributed by atoms with Crippen molar-refractivity contribution < 1.29 is 0 Å². The molecule has 1 aromatic rings. The third-order valence-corrected chi connectivity index (χ3v) is 2.82. The second-order valence-electron chi connectivity index (χ2n) is 3.44. The largest absolute Gasteiger partial charge is 0.248 e. The number of allylic oxidation sites excluding steroid dienone is 1. The summed E-state index contributed by atoms with van der Waals surface area (Å²) in [5, 5.41) is 2.50. The normalized spacial score (nSPS) is 22.5. The van der Waals surface area contributed by atoms with Crippen LogP contribution < -0.4 is 10.6 Å². The second-order valence-corrected chi connectivity index (χ2v) is 4.04. The standard InChI is InChI=1S/C12H9NS/c14-8-5-6-10-9-3-1-2-4-11(9)13-12(10)7-8/h1-8,14H. The van der Waals surface area contributed by atoms with Crippen molar-refractivity contribution in [3.05, 3.63) is 58.8 Å². The van der Waals surface area contributed by atoms with Gasteiger partial charge in [0.05, 0.1) is 11.1 Å². The molecule has 0 amide bonds. The Bertz CT molecular complexity index is 566. The maximum Gasteiger partial charge on any atom is 0.0716 e. The summed E-state index contributed by atoms with van der Waals surface area (Å²) in [5.41, 5.74) is 2.29. The van der Waals surface area contributed by atoms with E-state index in [4.69, 9.17) is 0 Å². The Balaban J connectivity index is 2.40. The van der Waals surface area contributed by atoms with Crippen LogP contribution in [0.4, 0.5) is 0 Å². The summed E-state index contributed by atoms with van der Waals surface area (Å²) in [7, 11) is 0. The fourth-order valence-corrected chi connectivity index (χ4v) is 2.07. The fraction of sp³-hybridized carbons (Fsp3) is 0.0833. The van der Waals surface area contributed by atoms with Crippen molar-refractivity contribution >= 4 is 18.2 Å². The minimum Gasteiger partial charge on any atom is -0.248 e. The lowest BCUT2D eigenvalue weighted by Gasteiger charge is -2.07. The molecule has 0 radical (unpaired) electrons. The predicted molar refractivity (Wildman–Crippen MR) is 60.6 cm³/mol. The van der Waals surface area contributed by atoms with Gasteiger partial charge in [0, 0.05) is 16.0 Å². The van der Waals surface area contributed by atoms with Crippen molar-refractivity contribution in [3.8, 4) is 0 Å².